The zero-order chi connectivity index (χ0) is 14.8. The van der Waals surface area contributed by atoms with E-state index in [1.54, 1.807) is 0 Å². The first kappa shape index (κ1) is 14.5. The predicted octanol–water partition coefficient (Wildman–Crippen LogP) is 2.77. The minimum absolute atomic E-state index is 0.0115. The van der Waals surface area contributed by atoms with Crippen LogP contribution in [0.15, 0.2) is 6.33 Å². The Hall–Kier alpha value is -1.92. The number of rotatable bonds is 4. The molecule has 110 valence electrons. The van der Waals surface area contributed by atoms with Crippen molar-refractivity contribution >= 4 is 11.5 Å². The van der Waals surface area contributed by atoms with E-state index in [-0.39, 0.29) is 28.8 Å². The van der Waals surface area contributed by atoms with Gasteiger partial charge in [-0.2, -0.15) is 4.98 Å². The number of hydrogen-bond acceptors (Lipinski definition) is 6. The predicted molar refractivity (Wildman–Crippen MR) is 74.9 cm³/mol. The van der Waals surface area contributed by atoms with Crippen molar-refractivity contribution in [1.82, 2.24) is 9.97 Å². The molecular weight excluding hydrogens is 260 g/mol. The molecule has 1 saturated carbocycles. The van der Waals surface area contributed by atoms with Gasteiger partial charge in [-0.25, -0.2) is 4.98 Å². The van der Waals surface area contributed by atoms with Crippen molar-refractivity contribution < 1.29 is 9.66 Å². The molecule has 0 bridgehead atoms. The molecule has 2 rings (SSSR count). The number of ether oxygens (including phenoxy) is 1. The van der Waals surface area contributed by atoms with E-state index in [9.17, 15) is 10.1 Å². The van der Waals surface area contributed by atoms with Gasteiger partial charge in [0.25, 0.3) is 5.88 Å². The third kappa shape index (κ3) is 3.15. The number of methoxy groups -OCH3 is 1. The molecule has 1 N–H and O–H groups in total. The molecule has 0 aromatic carbocycles. The SMILES string of the molecule is COc1ncnc(NC2CCCC(C)(C)C2)c1[N+](=O)[O-]. The molecule has 0 spiro atoms. The van der Waals surface area contributed by atoms with Crippen LogP contribution in [0.3, 0.4) is 0 Å². The fraction of sp³-hybridized carbons (Fsp3) is 0.692. The first-order valence-corrected chi connectivity index (χ1v) is 6.73. The molecule has 1 aromatic heterocycles. The van der Waals surface area contributed by atoms with Gasteiger partial charge in [-0.1, -0.05) is 20.3 Å². The maximum Gasteiger partial charge on any atom is 0.372 e. The van der Waals surface area contributed by atoms with E-state index in [1.807, 2.05) is 0 Å². The summed E-state index contributed by atoms with van der Waals surface area (Å²) in [5.41, 5.74) is 0.0559. The van der Waals surface area contributed by atoms with Crippen LogP contribution in [-0.2, 0) is 0 Å². The summed E-state index contributed by atoms with van der Waals surface area (Å²) in [6, 6.07) is 0.192. The van der Waals surface area contributed by atoms with Gasteiger partial charge < -0.3 is 10.1 Å². The van der Waals surface area contributed by atoms with Crippen molar-refractivity contribution in [2.75, 3.05) is 12.4 Å². The number of hydrogen-bond donors (Lipinski definition) is 1. The molecule has 0 amide bonds. The van der Waals surface area contributed by atoms with Crippen LogP contribution in [0.2, 0.25) is 0 Å². The quantitative estimate of drug-likeness (QED) is 0.673. The summed E-state index contributed by atoms with van der Waals surface area (Å²) in [5.74, 6) is 0.229. The van der Waals surface area contributed by atoms with E-state index in [4.69, 9.17) is 4.74 Å². The summed E-state index contributed by atoms with van der Waals surface area (Å²) >= 11 is 0. The van der Waals surface area contributed by atoms with Gasteiger partial charge in [0.2, 0.25) is 5.82 Å². The largest absolute Gasteiger partial charge is 0.476 e. The molecule has 1 heterocycles. The van der Waals surface area contributed by atoms with E-state index in [0.29, 0.717) is 0 Å². The van der Waals surface area contributed by atoms with Crippen molar-refractivity contribution in [3.8, 4) is 5.88 Å². The van der Waals surface area contributed by atoms with Crippen molar-refractivity contribution in [3.05, 3.63) is 16.4 Å². The number of nitrogens with one attached hydrogen (secondary N) is 1. The molecule has 1 fully saturated rings. The standard InChI is InChI=1S/C13H20N4O3/c1-13(2)6-4-5-9(7-13)16-11-10(17(18)19)12(20-3)15-8-14-11/h8-9H,4-7H2,1-3H3,(H,14,15,16). The van der Waals surface area contributed by atoms with E-state index in [1.165, 1.54) is 19.9 Å². The van der Waals surface area contributed by atoms with E-state index >= 15 is 0 Å². The summed E-state index contributed by atoms with van der Waals surface area (Å²) < 4.78 is 4.94. The fourth-order valence-corrected chi connectivity index (χ4v) is 2.80. The Kier molecular flexibility index (Phi) is 4.06. The highest BCUT2D eigenvalue weighted by Crippen LogP contribution is 2.38. The van der Waals surface area contributed by atoms with Crippen molar-refractivity contribution in [3.63, 3.8) is 0 Å². The molecule has 1 aliphatic rings. The lowest BCUT2D eigenvalue weighted by Crippen LogP contribution is -2.32. The van der Waals surface area contributed by atoms with Crippen LogP contribution in [0.5, 0.6) is 5.88 Å². The zero-order valence-electron chi connectivity index (χ0n) is 12.0. The highest BCUT2D eigenvalue weighted by Gasteiger charge is 2.31. The zero-order valence-corrected chi connectivity index (χ0v) is 12.0. The second kappa shape index (κ2) is 5.60. The highest BCUT2D eigenvalue weighted by molar-refractivity contribution is 5.61. The van der Waals surface area contributed by atoms with Gasteiger partial charge in [0, 0.05) is 6.04 Å². The number of aromatic nitrogens is 2. The molecule has 1 aliphatic carbocycles. The second-order valence-electron chi connectivity index (χ2n) is 5.94. The minimum Gasteiger partial charge on any atom is -0.476 e. The van der Waals surface area contributed by atoms with E-state index in [2.05, 4.69) is 29.1 Å². The van der Waals surface area contributed by atoms with Gasteiger partial charge in [0.05, 0.1) is 12.0 Å². The third-order valence-corrected chi connectivity index (χ3v) is 3.71. The summed E-state index contributed by atoms with van der Waals surface area (Å²) in [6.07, 6.45) is 5.53. The normalized spacial score (nSPS) is 21.2. The van der Waals surface area contributed by atoms with Gasteiger partial charge in [-0.05, 0) is 24.7 Å². The van der Waals surface area contributed by atoms with Gasteiger partial charge in [-0.15, -0.1) is 0 Å². The lowest BCUT2D eigenvalue weighted by molar-refractivity contribution is -0.385. The summed E-state index contributed by atoms with van der Waals surface area (Å²) in [5, 5.41) is 14.4. The van der Waals surface area contributed by atoms with Crippen LogP contribution in [-0.4, -0.2) is 28.0 Å². The number of nitro groups is 1. The topological polar surface area (TPSA) is 90.2 Å². The molecule has 1 unspecified atom stereocenters. The van der Waals surface area contributed by atoms with Gasteiger partial charge in [0.1, 0.15) is 6.33 Å². The minimum atomic E-state index is -0.505. The molecule has 1 aromatic rings. The van der Waals surface area contributed by atoms with Gasteiger partial charge in [-0.3, -0.25) is 10.1 Å². The van der Waals surface area contributed by atoms with E-state index in [0.717, 1.165) is 19.3 Å². The van der Waals surface area contributed by atoms with Crippen LogP contribution in [0, 0.1) is 15.5 Å². The Bertz CT molecular complexity index is 504. The Balaban J connectivity index is 2.23. The van der Waals surface area contributed by atoms with Crippen LogP contribution < -0.4 is 10.1 Å². The van der Waals surface area contributed by atoms with Crippen molar-refractivity contribution in [2.45, 2.75) is 45.6 Å². The van der Waals surface area contributed by atoms with Crippen LogP contribution in [0.1, 0.15) is 39.5 Å². The number of anilines is 1. The third-order valence-electron chi connectivity index (χ3n) is 3.71. The summed E-state index contributed by atoms with van der Waals surface area (Å²) in [6.45, 7) is 4.44. The van der Waals surface area contributed by atoms with Crippen LogP contribution in [0.4, 0.5) is 11.5 Å². The first-order chi connectivity index (χ1) is 9.43. The summed E-state index contributed by atoms with van der Waals surface area (Å²) in [7, 11) is 1.36. The lowest BCUT2D eigenvalue weighted by atomic mass is 9.75. The molecule has 1 atom stereocenters. The Labute approximate surface area is 117 Å². The van der Waals surface area contributed by atoms with Crippen molar-refractivity contribution in [2.24, 2.45) is 5.41 Å². The molecular formula is C13H20N4O3. The molecule has 0 radical (unpaired) electrons. The average molecular weight is 280 g/mol. The van der Waals surface area contributed by atoms with E-state index < -0.39 is 4.92 Å². The monoisotopic (exact) mass is 280 g/mol. The average Bonchev–Trinajstić information content (AvgIpc) is 2.36. The molecule has 0 saturated heterocycles. The highest BCUT2D eigenvalue weighted by atomic mass is 16.6. The Morgan fingerprint density at radius 1 is 1.50 bits per heavy atom. The Morgan fingerprint density at radius 3 is 2.85 bits per heavy atom. The van der Waals surface area contributed by atoms with Crippen LogP contribution in [0.25, 0.3) is 0 Å². The van der Waals surface area contributed by atoms with Gasteiger partial charge >= 0.3 is 5.69 Å². The van der Waals surface area contributed by atoms with Crippen LogP contribution >= 0.6 is 0 Å². The number of nitrogens with zero attached hydrogens (tertiary/aromatic N) is 3. The molecule has 7 heteroatoms. The van der Waals surface area contributed by atoms with Crippen molar-refractivity contribution in [1.29, 1.82) is 0 Å². The maximum absolute atomic E-state index is 11.2. The van der Waals surface area contributed by atoms with Gasteiger partial charge in [0.15, 0.2) is 0 Å². The maximum atomic E-state index is 11.2. The molecule has 20 heavy (non-hydrogen) atoms. The lowest BCUT2D eigenvalue weighted by Gasteiger charge is -2.35. The summed E-state index contributed by atoms with van der Waals surface area (Å²) in [4.78, 5) is 18.5. The smallest absolute Gasteiger partial charge is 0.372 e. The second-order valence-corrected chi connectivity index (χ2v) is 5.94. The molecule has 0 aliphatic heterocycles. The molecule has 7 nitrogen and oxygen atoms in total. The fourth-order valence-electron chi connectivity index (χ4n) is 2.80. The Morgan fingerprint density at radius 2 is 2.25 bits per heavy atom. The first-order valence-electron chi connectivity index (χ1n) is 6.73.